The van der Waals surface area contributed by atoms with Gasteiger partial charge in [-0.2, -0.15) is 8.42 Å². The quantitative estimate of drug-likeness (QED) is 0.312. The first-order valence-electron chi connectivity index (χ1n) is 11.3. The SMILES string of the molecule is CC(C)Cn1cc(C(=O)c2cncnc2N[C@@H]2C[C@H](COS(N)(=O)=O)[C@@H](O)[C@H]2O)c2ccccc21. The van der Waals surface area contributed by atoms with E-state index >= 15 is 0 Å². The number of aliphatic hydroxyl groups excluding tert-OH is 2. The van der Waals surface area contributed by atoms with E-state index in [-0.39, 0.29) is 30.2 Å². The molecule has 35 heavy (non-hydrogen) atoms. The zero-order valence-electron chi connectivity index (χ0n) is 19.4. The number of carbonyl (C=O) groups excluding carboxylic acids is 1. The Balaban J connectivity index is 1.60. The van der Waals surface area contributed by atoms with Gasteiger partial charge in [-0.15, -0.1) is 0 Å². The van der Waals surface area contributed by atoms with Crippen LogP contribution >= 0.6 is 0 Å². The topological polar surface area (TPSA) is 170 Å². The van der Waals surface area contributed by atoms with Crippen LogP contribution in [0.4, 0.5) is 5.82 Å². The molecule has 188 valence electrons. The lowest BCUT2D eigenvalue weighted by Crippen LogP contribution is -2.36. The van der Waals surface area contributed by atoms with Crippen molar-refractivity contribution in [2.45, 2.75) is 45.1 Å². The van der Waals surface area contributed by atoms with Crippen molar-refractivity contribution in [2.75, 3.05) is 11.9 Å². The van der Waals surface area contributed by atoms with Crippen LogP contribution in [-0.2, 0) is 21.0 Å². The van der Waals surface area contributed by atoms with Gasteiger partial charge < -0.3 is 20.1 Å². The highest BCUT2D eigenvalue weighted by Gasteiger charge is 2.42. The Kier molecular flexibility index (Phi) is 7.20. The number of aliphatic hydroxyl groups is 2. The van der Waals surface area contributed by atoms with E-state index in [1.165, 1.54) is 12.5 Å². The lowest BCUT2D eigenvalue weighted by molar-refractivity contribution is 0.00778. The molecule has 1 aliphatic carbocycles. The second-order valence-electron chi connectivity index (χ2n) is 9.23. The van der Waals surface area contributed by atoms with Crippen molar-refractivity contribution in [1.29, 1.82) is 0 Å². The molecule has 11 nitrogen and oxygen atoms in total. The highest BCUT2D eigenvalue weighted by atomic mass is 32.2. The van der Waals surface area contributed by atoms with Crippen molar-refractivity contribution >= 4 is 32.8 Å². The number of nitrogens with zero attached hydrogens (tertiary/aromatic N) is 3. The molecule has 4 rings (SSSR count). The van der Waals surface area contributed by atoms with Crippen molar-refractivity contribution in [2.24, 2.45) is 17.0 Å². The van der Waals surface area contributed by atoms with E-state index in [0.29, 0.717) is 11.5 Å². The number of carbonyl (C=O) groups is 1. The number of fused-ring (bicyclic) bond motifs is 1. The van der Waals surface area contributed by atoms with Crippen LogP contribution in [0.15, 0.2) is 43.0 Å². The van der Waals surface area contributed by atoms with Crippen LogP contribution in [0.5, 0.6) is 0 Å². The minimum Gasteiger partial charge on any atom is -0.390 e. The Bertz CT molecular complexity index is 1320. The van der Waals surface area contributed by atoms with Gasteiger partial charge in [0, 0.05) is 41.3 Å². The maximum atomic E-state index is 13.6. The zero-order valence-corrected chi connectivity index (χ0v) is 20.2. The number of hydrogen-bond acceptors (Lipinski definition) is 9. The van der Waals surface area contributed by atoms with Gasteiger partial charge >= 0.3 is 10.3 Å². The van der Waals surface area contributed by atoms with Crippen molar-refractivity contribution in [3.63, 3.8) is 0 Å². The molecule has 0 bridgehead atoms. The largest absolute Gasteiger partial charge is 0.390 e. The van der Waals surface area contributed by atoms with Gasteiger partial charge in [-0.25, -0.2) is 15.1 Å². The third-order valence-electron chi connectivity index (χ3n) is 6.12. The van der Waals surface area contributed by atoms with Crippen LogP contribution in [0.25, 0.3) is 10.9 Å². The van der Waals surface area contributed by atoms with E-state index in [1.54, 1.807) is 0 Å². The lowest BCUT2D eigenvalue weighted by Gasteiger charge is -2.19. The molecule has 1 aliphatic rings. The van der Waals surface area contributed by atoms with Crippen molar-refractivity contribution in [1.82, 2.24) is 14.5 Å². The lowest BCUT2D eigenvalue weighted by atomic mass is 10.0. The number of anilines is 1. The first kappa shape index (κ1) is 25.2. The summed E-state index contributed by atoms with van der Waals surface area (Å²) in [7, 11) is -4.18. The first-order valence-corrected chi connectivity index (χ1v) is 12.7. The summed E-state index contributed by atoms with van der Waals surface area (Å²) < 4.78 is 28.8. The Hall–Kier alpha value is -2.90. The Morgan fingerprint density at radius 2 is 2.00 bits per heavy atom. The highest BCUT2D eigenvalue weighted by molar-refractivity contribution is 7.84. The molecule has 2 heterocycles. The van der Waals surface area contributed by atoms with Crippen LogP contribution in [0.3, 0.4) is 0 Å². The van der Waals surface area contributed by atoms with Gasteiger partial charge in [0.05, 0.1) is 24.3 Å². The summed E-state index contributed by atoms with van der Waals surface area (Å²) in [5.41, 5.74) is 1.67. The summed E-state index contributed by atoms with van der Waals surface area (Å²) in [4.78, 5) is 21.9. The van der Waals surface area contributed by atoms with Gasteiger partial charge in [-0.1, -0.05) is 32.0 Å². The zero-order chi connectivity index (χ0) is 25.3. The standard InChI is InChI=1S/C23H29N5O6S/c1-13(2)9-28-10-17(15-5-3-4-6-19(15)28)21(30)16-8-25-12-26-23(16)27-18-7-14(20(29)22(18)31)11-34-35(24,32)33/h3-6,8,10,12-14,18,20,22,29,31H,7,9,11H2,1-2H3,(H2,24,32,33)(H,25,26,27)/t14-,18-,20-,22+/m1/s1. The Morgan fingerprint density at radius 3 is 2.71 bits per heavy atom. The summed E-state index contributed by atoms with van der Waals surface area (Å²) in [5.74, 6) is -0.382. The minimum atomic E-state index is -4.18. The summed E-state index contributed by atoms with van der Waals surface area (Å²) in [6, 6.07) is 6.95. The van der Waals surface area contributed by atoms with E-state index in [2.05, 4.69) is 37.9 Å². The fourth-order valence-corrected chi connectivity index (χ4v) is 4.88. The highest BCUT2D eigenvalue weighted by Crippen LogP contribution is 2.31. The van der Waals surface area contributed by atoms with Gasteiger partial charge in [0.2, 0.25) is 0 Å². The number of hydrogen-bond donors (Lipinski definition) is 4. The molecule has 1 aromatic carbocycles. The molecular formula is C23H29N5O6S. The molecule has 1 saturated carbocycles. The molecule has 2 aromatic heterocycles. The van der Waals surface area contributed by atoms with Gasteiger partial charge in [-0.3, -0.25) is 8.98 Å². The van der Waals surface area contributed by atoms with E-state index < -0.39 is 34.5 Å². The number of rotatable bonds is 9. The van der Waals surface area contributed by atoms with Gasteiger partial charge in [0.25, 0.3) is 0 Å². The van der Waals surface area contributed by atoms with Crippen molar-refractivity contribution < 1.29 is 27.6 Å². The molecule has 0 aliphatic heterocycles. The summed E-state index contributed by atoms with van der Waals surface area (Å²) >= 11 is 0. The van der Waals surface area contributed by atoms with Crippen LogP contribution < -0.4 is 10.5 Å². The summed E-state index contributed by atoms with van der Waals surface area (Å²) in [5, 5.41) is 29.6. The van der Waals surface area contributed by atoms with Crippen LogP contribution in [0.2, 0.25) is 0 Å². The number of para-hydroxylation sites is 1. The normalized spacial score (nSPS) is 22.7. The average molecular weight is 504 g/mol. The molecule has 1 fully saturated rings. The predicted molar refractivity (Wildman–Crippen MR) is 129 cm³/mol. The number of nitrogens with one attached hydrogen (secondary N) is 1. The monoisotopic (exact) mass is 503 g/mol. The fourth-order valence-electron chi connectivity index (χ4n) is 4.52. The van der Waals surface area contributed by atoms with E-state index in [0.717, 1.165) is 17.4 Å². The molecule has 3 aromatic rings. The van der Waals surface area contributed by atoms with Gasteiger partial charge in [0.15, 0.2) is 5.78 Å². The van der Waals surface area contributed by atoms with Crippen molar-refractivity contribution in [3.05, 3.63) is 54.1 Å². The summed E-state index contributed by atoms with van der Waals surface area (Å²) in [6.07, 6.45) is 2.20. The number of benzene rings is 1. The first-order chi connectivity index (χ1) is 16.5. The fraction of sp³-hybridized carbons (Fsp3) is 0.435. The molecular weight excluding hydrogens is 474 g/mol. The second-order valence-corrected chi connectivity index (χ2v) is 10.4. The molecule has 0 amide bonds. The van der Waals surface area contributed by atoms with Gasteiger partial charge in [0.1, 0.15) is 18.2 Å². The maximum Gasteiger partial charge on any atom is 0.333 e. The van der Waals surface area contributed by atoms with Crippen LogP contribution in [0, 0.1) is 11.8 Å². The van der Waals surface area contributed by atoms with E-state index in [1.807, 2.05) is 30.5 Å². The molecule has 4 atom stereocenters. The van der Waals surface area contributed by atoms with Crippen molar-refractivity contribution in [3.8, 4) is 0 Å². The molecule has 0 unspecified atom stereocenters. The van der Waals surface area contributed by atoms with E-state index in [4.69, 9.17) is 5.14 Å². The smallest absolute Gasteiger partial charge is 0.333 e. The van der Waals surface area contributed by atoms with Crippen LogP contribution in [-0.4, -0.2) is 63.8 Å². The molecule has 0 radical (unpaired) electrons. The van der Waals surface area contributed by atoms with Crippen LogP contribution in [0.1, 0.15) is 36.2 Å². The second kappa shape index (κ2) is 9.99. The third kappa shape index (κ3) is 5.52. The molecule has 12 heteroatoms. The molecule has 0 saturated heterocycles. The molecule has 0 spiro atoms. The Labute approximate surface area is 203 Å². The van der Waals surface area contributed by atoms with Gasteiger partial charge in [-0.05, 0) is 18.4 Å². The average Bonchev–Trinajstić information content (AvgIpc) is 3.29. The van der Waals surface area contributed by atoms with E-state index in [9.17, 15) is 23.4 Å². The maximum absolute atomic E-state index is 13.6. The third-order valence-corrected chi connectivity index (χ3v) is 6.59. The molecule has 5 N–H and O–H groups in total. The Morgan fingerprint density at radius 1 is 1.26 bits per heavy atom. The summed E-state index contributed by atoms with van der Waals surface area (Å²) in [6.45, 7) is 4.58. The minimum absolute atomic E-state index is 0.170. The number of aromatic nitrogens is 3. The number of nitrogens with two attached hydrogens (primary N) is 1. The predicted octanol–water partition coefficient (Wildman–Crippen LogP) is 1.06. The number of ketones is 1.